The molecule has 0 aromatic heterocycles. The Hall–Kier alpha value is -2.58. The lowest BCUT2D eigenvalue weighted by atomic mass is 9.96. The van der Waals surface area contributed by atoms with Crippen LogP contribution in [0.1, 0.15) is 48.9 Å². The van der Waals surface area contributed by atoms with Gasteiger partial charge in [0.05, 0.1) is 18.1 Å². The van der Waals surface area contributed by atoms with E-state index in [2.05, 4.69) is 5.32 Å². The van der Waals surface area contributed by atoms with Gasteiger partial charge < -0.3 is 14.8 Å². The van der Waals surface area contributed by atoms with Crippen molar-refractivity contribution in [2.45, 2.75) is 49.5 Å². The Bertz CT molecular complexity index is 1050. The van der Waals surface area contributed by atoms with Gasteiger partial charge in [-0.25, -0.2) is 8.42 Å². The second kappa shape index (κ2) is 9.28. The molecular formula is C23H28N2O5S. The van der Waals surface area contributed by atoms with Gasteiger partial charge in [0.15, 0.2) is 11.5 Å². The summed E-state index contributed by atoms with van der Waals surface area (Å²) in [7, 11) is -2.03. The first-order valence-corrected chi connectivity index (χ1v) is 12.2. The third-order valence-corrected chi connectivity index (χ3v) is 7.77. The van der Waals surface area contributed by atoms with Gasteiger partial charge in [-0.15, -0.1) is 0 Å². The third kappa shape index (κ3) is 4.85. The molecule has 8 heteroatoms. The highest BCUT2D eigenvalue weighted by Crippen LogP contribution is 2.32. The van der Waals surface area contributed by atoms with Crippen molar-refractivity contribution in [2.24, 2.45) is 0 Å². The van der Waals surface area contributed by atoms with Crippen LogP contribution in [0.5, 0.6) is 11.5 Å². The number of carbonyl (C=O) groups excluding carboxylic acids is 1. The van der Waals surface area contributed by atoms with Crippen molar-refractivity contribution in [1.29, 1.82) is 0 Å². The van der Waals surface area contributed by atoms with Crippen molar-refractivity contribution in [3.63, 3.8) is 0 Å². The summed E-state index contributed by atoms with van der Waals surface area (Å²) >= 11 is 0. The molecule has 0 unspecified atom stereocenters. The molecule has 1 fully saturated rings. The Morgan fingerprint density at radius 3 is 2.48 bits per heavy atom. The molecule has 0 bridgehead atoms. The SMILES string of the molecule is CN(C1CCCCC1)S(=O)(=O)c1cccc(C(=O)Nc2ccc3c(c2)OCCCO3)c1. The first-order chi connectivity index (χ1) is 14.9. The number of carbonyl (C=O) groups is 1. The molecule has 2 aromatic rings. The van der Waals surface area contributed by atoms with Crippen LogP contribution in [0, 0.1) is 0 Å². The maximum Gasteiger partial charge on any atom is 0.255 e. The summed E-state index contributed by atoms with van der Waals surface area (Å²) in [6.07, 6.45) is 5.79. The van der Waals surface area contributed by atoms with E-state index < -0.39 is 10.0 Å². The smallest absolute Gasteiger partial charge is 0.255 e. The summed E-state index contributed by atoms with van der Waals surface area (Å²) in [5.41, 5.74) is 0.840. The second-order valence-corrected chi connectivity index (χ2v) is 10.0. The normalized spacial score (nSPS) is 17.2. The molecule has 0 radical (unpaired) electrons. The summed E-state index contributed by atoms with van der Waals surface area (Å²) in [6.45, 7) is 1.15. The van der Waals surface area contributed by atoms with Crippen molar-refractivity contribution in [3.8, 4) is 11.5 Å². The van der Waals surface area contributed by atoms with Crippen molar-refractivity contribution >= 4 is 21.6 Å². The van der Waals surface area contributed by atoms with Gasteiger partial charge >= 0.3 is 0 Å². The number of amides is 1. The molecule has 1 N–H and O–H groups in total. The Morgan fingerprint density at radius 2 is 1.71 bits per heavy atom. The Morgan fingerprint density at radius 1 is 0.968 bits per heavy atom. The number of nitrogens with zero attached hydrogens (tertiary/aromatic N) is 1. The number of rotatable bonds is 5. The molecule has 31 heavy (non-hydrogen) atoms. The molecule has 7 nitrogen and oxygen atoms in total. The highest BCUT2D eigenvalue weighted by molar-refractivity contribution is 7.89. The van der Waals surface area contributed by atoms with Crippen LogP contribution >= 0.6 is 0 Å². The molecular weight excluding hydrogens is 416 g/mol. The molecule has 166 valence electrons. The number of fused-ring (bicyclic) bond motifs is 1. The van der Waals surface area contributed by atoms with Crippen molar-refractivity contribution in [2.75, 3.05) is 25.6 Å². The highest BCUT2D eigenvalue weighted by Gasteiger charge is 2.29. The number of anilines is 1. The number of benzene rings is 2. The fourth-order valence-corrected chi connectivity index (χ4v) is 5.51. The minimum Gasteiger partial charge on any atom is -0.490 e. The molecule has 0 spiro atoms. The summed E-state index contributed by atoms with van der Waals surface area (Å²) in [5, 5.41) is 2.82. The van der Waals surface area contributed by atoms with E-state index in [9.17, 15) is 13.2 Å². The van der Waals surface area contributed by atoms with Gasteiger partial charge in [0.25, 0.3) is 5.91 Å². The first-order valence-electron chi connectivity index (χ1n) is 10.7. The Labute approximate surface area is 183 Å². The van der Waals surface area contributed by atoms with E-state index in [0.717, 1.165) is 38.5 Å². The topological polar surface area (TPSA) is 84.9 Å². The monoisotopic (exact) mass is 444 g/mol. The van der Waals surface area contributed by atoms with E-state index in [-0.39, 0.29) is 22.4 Å². The van der Waals surface area contributed by atoms with Gasteiger partial charge in [0.2, 0.25) is 10.0 Å². The minimum absolute atomic E-state index is 0.0121. The molecule has 2 aliphatic rings. The quantitative estimate of drug-likeness (QED) is 0.752. The zero-order valence-electron chi connectivity index (χ0n) is 17.7. The van der Waals surface area contributed by atoms with Crippen LogP contribution in [0.3, 0.4) is 0 Å². The predicted octanol–water partition coefficient (Wildman–Crippen LogP) is 4.05. The summed E-state index contributed by atoms with van der Waals surface area (Å²) in [4.78, 5) is 12.9. The van der Waals surface area contributed by atoms with Gasteiger partial charge in [0, 0.05) is 36.8 Å². The van der Waals surface area contributed by atoms with Gasteiger partial charge in [-0.2, -0.15) is 4.31 Å². The first kappa shape index (κ1) is 21.6. The molecule has 1 heterocycles. The molecule has 2 aromatic carbocycles. The number of ether oxygens (including phenoxy) is 2. The summed E-state index contributed by atoms with van der Waals surface area (Å²) in [5.74, 6) is 0.849. The second-order valence-electron chi connectivity index (χ2n) is 8.01. The molecule has 1 aliphatic carbocycles. The molecule has 4 rings (SSSR count). The van der Waals surface area contributed by atoms with Crippen molar-refractivity contribution < 1.29 is 22.7 Å². The minimum atomic E-state index is -3.67. The van der Waals surface area contributed by atoms with E-state index in [4.69, 9.17) is 9.47 Å². The summed E-state index contributed by atoms with van der Waals surface area (Å²) in [6, 6.07) is 11.4. The van der Waals surface area contributed by atoms with Crippen LogP contribution in [0.15, 0.2) is 47.4 Å². The predicted molar refractivity (Wildman–Crippen MR) is 118 cm³/mol. The summed E-state index contributed by atoms with van der Waals surface area (Å²) < 4.78 is 39.0. The molecule has 1 amide bonds. The average Bonchev–Trinajstić information content (AvgIpc) is 3.04. The number of sulfonamides is 1. The molecule has 1 saturated carbocycles. The van der Waals surface area contributed by atoms with Gasteiger partial charge in [-0.3, -0.25) is 4.79 Å². The number of nitrogens with one attached hydrogen (secondary N) is 1. The maximum absolute atomic E-state index is 13.1. The van der Waals surface area contributed by atoms with Crippen LogP contribution in [-0.2, 0) is 10.0 Å². The fraction of sp³-hybridized carbons (Fsp3) is 0.435. The van der Waals surface area contributed by atoms with E-state index >= 15 is 0 Å². The van der Waals surface area contributed by atoms with Crippen LogP contribution in [0.25, 0.3) is 0 Å². The van der Waals surface area contributed by atoms with E-state index in [1.807, 2.05) is 0 Å². The Kier molecular flexibility index (Phi) is 6.48. The zero-order chi connectivity index (χ0) is 21.8. The highest BCUT2D eigenvalue weighted by atomic mass is 32.2. The van der Waals surface area contributed by atoms with E-state index in [0.29, 0.717) is 30.4 Å². The Balaban J connectivity index is 1.51. The molecule has 1 aliphatic heterocycles. The van der Waals surface area contributed by atoms with Crippen LogP contribution in [0.2, 0.25) is 0 Å². The zero-order valence-corrected chi connectivity index (χ0v) is 18.5. The lowest BCUT2D eigenvalue weighted by molar-refractivity contribution is 0.102. The van der Waals surface area contributed by atoms with Crippen molar-refractivity contribution in [3.05, 3.63) is 48.0 Å². The fourth-order valence-electron chi connectivity index (χ4n) is 4.05. The standard InChI is InChI=1S/C23H28N2O5S/c1-25(19-8-3-2-4-9-19)31(27,28)20-10-5-7-17(15-20)23(26)24-18-11-12-21-22(16-18)30-14-6-13-29-21/h5,7,10-12,15-16,19H,2-4,6,8-9,13-14H2,1H3,(H,24,26). The van der Waals surface area contributed by atoms with Crippen molar-refractivity contribution in [1.82, 2.24) is 4.31 Å². The van der Waals surface area contributed by atoms with Gasteiger partial charge in [0.1, 0.15) is 0 Å². The molecule has 0 atom stereocenters. The van der Waals surface area contributed by atoms with Gasteiger partial charge in [-0.1, -0.05) is 25.3 Å². The van der Waals surface area contributed by atoms with Gasteiger partial charge in [-0.05, 0) is 43.2 Å². The van der Waals surface area contributed by atoms with E-state index in [1.54, 1.807) is 43.4 Å². The maximum atomic E-state index is 13.1. The third-order valence-electron chi connectivity index (χ3n) is 5.87. The number of hydrogen-bond donors (Lipinski definition) is 1. The van der Waals surface area contributed by atoms with Crippen LogP contribution in [0.4, 0.5) is 5.69 Å². The van der Waals surface area contributed by atoms with Crippen LogP contribution in [-0.4, -0.2) is 44.9 Å². The van der Waals surface area contributed by atoms with Crippen LogP contribution < -0.4 is 14.8 Å². The molecule has 0 saturated heterocycles. The number of hydrogen-bond acceptors (Lipinski definition) is 5. The lowest BCUT2D eigenvalue weighted by Crippen LogP contribution is -2.38. The largest absolute Gasteiger partial charge is 0.490 e. The lowest BCUT2D eigenvalue weighted by Gasteiger charge is -2.30. The average molecular weight is 445 g/mol. The van der Waals surface area contributed by atoms with E-state index in [1.165, 1.54) is 10.4 Å².